The maximum atomic E-state index is 12.3. The van der Waals surface area contributed by atoms with E-state index in [9.17, 15) is 14.7 Å². The summed E-state index contributed by atoms with van der Waals surface area (Å²) in [6.45, 7) is 0.730. The predicted molar refractivity (Wildman–Crippen MR) is 68.1 cm³/mol. The van der Waals surface area contributed by atoms with E-state index in [1.54, 1.807) is 11.9 Å². The first-order valence-corrected chi connectivity index (χ1v) is 7.05. The Labute approximate surface area is 108 Å². The molecule has 0 aliphatic heterocycles. The van der Waals surface area contributed by atoms with E-state index >= 15 is 0 Å². The van der Waals surface area contributed by atoms with Crippen molar-refractivity contribution in [1.82, 2.24) is 4.90 Å². The first-order valence-electron chi connectivity index (χ1n) is 7.05. The smallest absolute Gasteiger partial charge is 0.319 e. The molecule has 2 aliphatic rings. The molecule has 0 atom stereocenters. The van der Waals surface area contributed by atoms with Crippen LogP contribution in [-0.2, 0) is 9.59 Å². The van der Waals surface area contributed by atoms with E-state index in [1.807, 2.05) is 0 Å². The number of hydrogen-bond donors (Lipinski definition) is 1. The molecule has 2 aliphatic carbocycles. The van der Waals surface area contributed by atoms with Crippen LogP contribution < -0.4 is 0 Å². The second-order valence-electron chi connectivity index (χ2n) is 5.93. The van der Waals surface area contributed by atoms with Crippen LogP contribution in [0.15, 0.2) is 0 Å². The van der Waals surface area contributed by atoms with Crippen molar-refractivity contribution in [1.29, 1.82) is 0 Å². The van der Waals surface area contributed by atoms with Gasteiger partial charge >= 0.3 is 5.97 Å². The normalized spacial score (nSPS) is 23.2. The molecule has 2 saturated carbocycles. The van der Waals surface area contributed by atoms with Crippen LogP contribution in [0.2, 0.25) is 0 Å². The summed E-state index contributed by atoms with van der Waals surface area (Å²) in [7, 11) is 1.76. The molecule has 0 heterocycles. The van der Waals surface area contributed by atoms with Gasteiger partial charge in [-0.25, -0.2) is 0 Å². The Balaban J connectivity index is 1.93. The van der Waals surface area contributed by atoms with Gasteiger partial charge in [0.1, 0.15) is 5.41 Å². The topological polar surface area (TPSA) is 57.6 Å². The number of rotatable bonds is 4. The van der Waals surface area contributed by atoms with Crippen molar-refractivity contribution < 1.29 is 14.7 Å². The molecule has 0 aromatic rings. The molecule has 0 saturated heterocycles. The van der Waals surface area contributed by atoms with Crippen LogP contribution in [0.25, 0.3) is 0 Å². The number of hydrogen-bond acceptors (Lipinski definition) is 2. The van der Waals surface area contributed by atoms with E-state index in [4.69, 9.17) is 0 Å². The monoisotopic (exact) mass is 253 g/mol. The Hall–Kier alpha value is -1.06. The summed E-state index contributed by atoms with van der Waals surface area (Å²) in [4.78, 5) is 25.3. The molecule has 4 heteroatoms. The van der Waals surface area contributed by atoms with Gasteiger partial charge in [-0.3, -0.25) is 9.59 Å². The number of carboxylic acids is 1. The Morgan fingerprint density at radius 3 is 2.22 bits per heavy atom. The molecule has 4 nitrogen and oxygen atoms in total. The molecular weight excluding hydrogens is 230 g/mol. The molecular formula is C14H23NO3. The highest BCUT2D eigenvalue weighted by atomic mass is 16.4. The minimum atomic E-state index is -1.09. The van der Waals surface area contributed by atoms with Gasteiger partial charge in [0.2, 0.25) is 5.91 Å². The molecule has 0 radical (unpaired) electrons. The Morgan fingerprint density at radius 2 is 1.78 bits per heavy atom. The minimum absolute atomic E-state index is 0.174. The summed E-state index contributed by atoms with van der Waals surface area (Å²) in [6.07, 6.45) is 8.03. The molecule has 1 N–H and O–H groups in total. The lowest BCUT2D eigenvalue weighted by atomic mass is 9.67. The summed E-state index contributed by atoms with van der Waals surface area (Å²) in [6, 6.07) is 0. The third-order valence-electron chi connectivity index (χ3n) is 4.63. The number of carbonyl (C=O) groups excluding carboxylic acids is 1. The van der Waals surface area contributed by atoms with Gasteiger partial charge in [-0.1, -0.05) is 25.7 Å². The molecule has 0 aromatic heterocycles. The summed E-state index contributed by atoms with van der Waals surface area (Å²) < 4.78 is 0. The van der Waals surface area contributed by atoms with Crippen molar-refractivity contribution >= 4 is 11.9 Å². The number of carboxylic acid groups (broad SMARTS) is 1. The first kappa shape index (κ1) is 13.4. The van der Waals surface area contributed by atoms with Crippen LogP contribution in [0.5, 0.6) is 0 Å². The quantitative estimate of drug-likeness (QED) is 0.782. The standard InChI is InChI=1S/C14H23NO3/c1-15(10-11-6-3-2-4-7-11)12(16)14(13(17)18)8-5-9-14/h11H,2-10H2,1H3,(H,17,18). The summed E-state index contributed by atoms with van der Waals surface area (Å²) in [5.74, 6) is -0.542. The summed E-state index contributed by atoms with van der Waals surface area (Å²) in [5, 5.41) is 9.26. The molecule has 18 heavy (non-hydrogen) atoms. The Bertz CT molecular complexity index is 330. The molecule has 102 valence electrons. The highest BCUT2D eigenvalue weighted by Crippen LogP contribution is 2.42. The van der Waals surface area contributed by atoms with Crippen molar-refractivity contribution in [2.45, 2.75) is 51.4 Å². The van der Waals surface area contributed by atoms with Gasteiger partial charge in [-0.15, -0.1) is 0 Å². The van der Waals surface area contributed by atoms with Gasteiger partial charge in [0, 0.05) is 13.6 Å². The number of amides is 1. The van der Waals surface area contributed by atoms with Crippen LogP contribution in [0.3, 0.4) is 0 Å². The fourth-order valence-corrected chi connectivity index (χ4v) is 3.25. The highest BCUT2D eigenvalue weighted by Gasteiger charge is 2.52. The van der Waals surface area contributed by atoms with E-state index in [2.05, 4.69) is 0 Å². The number of nitrogens with zero attached hydrogens (tertiary/aromatic N) is 1. The van der Waals surface area contributed by atoms with Crippen LogP contribution in [0.1, 0.15) is 51.4 Å². The van der Waals surface area contributed by atoms with E-state index in [0.717, 1.165) is 13.0 Å². The molecule has 2 rings (SSSR count). The van der Waals surface area contributed by atoms with Gasteiger partial charge in [0.15, 0.2) is 0 Å². The van der Waals surface area contributed by atoms with Crippen molar-refractivity contribution in [2.75, 3.05) is 13.6 Å². The summed E-state index contributed by atoms with van der Waals surface area (Å²) in [5.41, 5.74) is -1.09. The van der Waals surface area contributed by atoms with Gasteiger partial charge < -0.3 is 10.0 Å². The van der Waals surface area contributed by atoms with Gasteiger partial charge in [-0.2, -0.15) is 0 Å². The van der Waals surface area contributed by atoms with Gasteiger partial charge in [0.05, 0.1) is 0 Å². The lowest BCUT2D eigenvalue weighted by molar-refractivity contribution is -0.167. The fourth-order valence-electron chi connectivity index (χ4n) is 3.25. The van der Waals surface area contributed by atoms with E-state index < -0.39 is 11.4 Å². The molecule has 0 spiro atoms. The van der Waals surface area contributed by atoms with E-state index in [1.165, 1.54) is 32.1 Å². The van der Waals surface area contributed by atoms with Crippen molar-refractivity contribution in [3.63, 3.8) is 0 Å². The number of aliphatic carboxylic acids is 1. The third-order valence-corrected chi connectivity index (χ3v) is 4.63. The lowest BCUT2D eigenvalue weighted by Crippen LogP contribution is -2.52. The minimum Gasteiger partial charge on any atom is -0.480 e. The fraction of sp³-hybridized carbons (Fsp3) is 0.857. The van der Waals surface area contributed by atoms with Crippen LogP contribution in [0.4, 0.5) is 0 Å². The second kappa shape index (κ2) is 5.29. The Morgan fingerprint density at radius 1 is 1.17 bits per heavy atom. The van der Waals surface area contributed by atoms with Crippen molar-refractivity contribution in [3.05, 3.63) is 0 Å². The first-order chi connectivity index (χ1) is 8.56. The van der Waals surface area contributed by atoms with E-state index in [0.29, 0.717) is 18.8 Å². The molecule has 0 unspecified atom stereocenters. The highest BCUT2D eigenvalue weighted by molar-refractivity contribution is 6.02. The molecule has 0 bridgehead atoms. The van der Waals surface area contributed by atoms with Gasteiger partial charge in [-0.05, 0) is 31.6 Å². The van der Waals surface area contributed by atoms with Crippen LogP contribution in [-0.4, -0.2) is 35.5 Å². The Kier molecular flexibility index (Phi) is 3.93. The van der Waals surface area contributed by atoms with E-state index in [-0.39, 0.29) is 5.91 Å². The predicted octanol–water partition coefficient (Wildman–Crippen LogP) is 2.28. The lowest BCUT2D eigenvalue weighted by Gasteiger charge is -2.40. The molecule has 1 amide bonds. The zero-order chi connectivity index (χ0) is 13.2. The number of carbonyl (C=O) groups is 2. The average Bonchev–Trinajstić information content (AvgIpc) is 2.28. The maximum Gasteiger partial charge on any atom is 0.319 e. The SMILES string of the molecule is CN(CC1CCCCC1)C(=O)C1(C(=O)O)CCC1. The zero-order valence-corrected chi connectivity index (χ0v) is 11.2. The van der Waals surface area contributed by atoms with Crippen LogP contribution >= 0.6 is 0 Å². The molecule has 0 aromatic carbocycles. The van der Waals surface area contributed by atoms with Crippen molar-refractivity contribution in [2.24, 2.45) is 11.3 Å². The van der Waals surface area contributed by atoms with Gasteiger partial charge in [0.25, 0.3) is 0 Å². The maximum absolute atomic E-state index is 12.3. The largest absolute Gasteiger partial charge is 0.480 e. The van der Waals surface area contributed by atoms with Crippen LogP contribution in [0, 0.1) is 11.3 Å². The molecule has 2 fully saturated rings. The summed E-state index contributed by atoms with van der Waals surface area (Å²) >= 11 is 0. The average molecular weight is 253 g/mol. The van der Waals surface area contributed by atoms with Crippen molar-refractivity contribution in [3.8, 4) is 0 Å². The zero-order valence-electron chi connectivity index (χ0n) is 11.2. The third kappa shape index (κ3) is 2.38. The second-order valence-corrected chi connectivity index (χ2v) is 5.93.